The number of halogens is 1. The second-order valence-electron chi connectivity index (χ2n) is 5.62. The lowest BCUT2D eigenvalue weighted by Crippen LogP contribution is -2.37. The molecule has 0 saturated heterocycles. The molecule has 0 heterocycles. The molecule has 0 fully saturated rings. The second kappa shape index (κ2) is 12.7. The van der Waals surface area contributed by atoms with Gasteiger partial charge in [-0.1, -0.05) is 60.7 Å². The van der Waals surface area contributed by atoms with Crippen LogP contribution in [0.1, 0.15) is 30.6 Å². The zero-order valence-corrected chi connectivity index (χ0v) is 17.3. The zero-order chi connectivity index (χ0) is 17.0. The summed E-state index contributed by atoms with van der Waals surface area (Å²) in [6.07, 6.45) is 1.06. The molecule has 1 atom stereocenters. The molecule has 0 amide bonds. The summed E-state index contributed by atoms with van der Waals surface area (Å²) >= 11 is 0. The first-order chi connectivity index (χ1) is 11.8. The molecule has 0 spiro atoms. The van der Waals surface area contributed by atoms with E-state index in [1.165, 1.54) is 11.1 Å². The Morgan fingerprint density at radius 1 is 1.00 bits per heavy atom. The Balaban J connectivity index is 0.00000312. The Morgan fingerprint density at radius 2 is 1.64 bits per heavy atom. The normalized spacial score (nSPS) is 12.2. The molecule has 2 aromatic rings. The van der Waals surface area contributed by atoms with Crippen LogP contribution in [0.2, 0.25) is 0 Å². The quantitative estimate of drug-likeness (QED) is 0.274. The lowest BCUT2D eigenvalue weighted by atomic mass is 10.1. The van der Waals surface area contributed by atoms with E-state index in [1.54, 1.807) is 7.05 Å². The van der Waals surface area contributed by atoms with Crippen molar-refractivity contribution in [2.45, 2.75) is 26.0 Å². The standard InChI is InChI=1S/C20H27N3O.HI/c1-17(19-12-7-4-8-13-19)24-15-9-14-22-20(21-2)23-16-18-10-5-3-6-11-18;/h3-8,10-13,17H,9,14-16H2,1-2H3,(H2,21,22,23);1H. The number of hydrogen-bond acceptors (Lipinski definition) is 2. The SMILES string of the molecule is CN=C(NCCCOC(C)c1ccccc1)NCc1ccccc1.I. The van der Waals surface area contributed by atoms with Crippen LogP contribution in [0.15, 0.2) is 65.7 Å². The Morgan fingerprint density at radius 3 is 2.28 bits per heavy atom. The van der Waals surface area contributed by atoms with Gasteiger partial charge in [0.15, 0.2) is 5.96 Å². The average Bonchev–Trinajstić information content (AvgIpc) is 2.65. The summed E-state index contributed by atoms with van der Waals surface area (Å²) in [4.78, 5) is 4.24. The van der Waals surface area contributed by atoms with E-state index < -0.39 is 0 Å². The summed E-state index contributed by atoms with van der Waals surface area (Å²) in [5, 5.41) is 6.62. The molecule has 2 N–H and O–H groups in total. The summed E-state index contributed by atoms with van der Waals surface area (Å²) in [5.41, 5.74) is 2.45. The first-order valence-electron chi connectivity index (χ1n) is 8.44. The fraction of sp³-hybridized carbons (Fsp3) is 0.350. The van der Waals surface area contributed by atoms with Gasteiger partial charge in [0.25, 0.3) is 0 Å². The van der Waals surface area contributed by atoms with Crippen LogP contribution in [0.3, 0.4) is 0 Å². The largest absolute Gasteiger partial charge is 0.374 e. The minimum Gasteiger partial charge on any atom is -0.374 e. The van der Waals surface area contributed by atoms with E-state index in [0.717, 1.165) is 32.1 Å². The lowest BCUT2D eigenvalue weighted by molar-refractivity contribution is 0.0646. The van der Waals surface area contributed by atoms with Crippen LogP contribution in [0.5, 0.6) is 0 Å². The molecule has 136 valence electrons. The number of nitrogens with one attached hydrogen (secondary N) is 2. The highest BCUT2D eigenvalue weighted by atomic mass is 127. The molecule has 1 unspecified atom stereocenters. The fourth-order valence-corrected chi connectivity index (χ4v) is 2.36. The van der Waals surface area contributed by atoms with Crippen molar-refractivity contribution < 1.29 is 4.74 Å². The highest BCUT2D eigenvalue weighted by Crippen LogP contribution is 2.15. The molecule has 5 heteroatoms. The Bertz CT molecular complexity index is 605. The predicted octanol–water partition coefficient (Wildman–Crippen LogP) is 4.14. The molecule has 0 aromatic heterocycles. The van der Waals surface area contributed by atoms with Crippen LogP contribution in [0, 0.1) is 0 Å². The van der Waals surface area contributed by atoms with Gasteiger partial charge in [-0.05, 0) is 24.5 Å². The first kappa shape index (κ1) is 21.4. The number of nitrogens with zero attached hydrogens (tertiary/aromatic N) is 1. The van der Waals surface area contributed by atoms with Crippen LogP contribution in [0.4, 0.5) is 0 Å². The van der Waals surface area contributed by atoms with Crippen LogP contribution < -0.4 is 10.6 Å². The number of ether oxygens (including phenoxy) is 1. The second-order valence-corrected chi connectivity index (χ2v) is 5.62. The van der Waals surface area contributed by atoms with Crippen molar-refractivity contribution in [3.8, 4) is 0 Å². The van der Waals surface area contributed by atoms with E-state index in [2.05, 4.69) is 46.8 Å². The summed E-state index contributed by atoms with van der Waals surface area (Å²) < 4.78 is 5.87. The maximum atomic E-state index is 5.87. The van der Waals surface area contributed by atoms with Crippen molar-refractivity contribution in [1.82, 2.24) is 10.6 Å². The fourth-order valence-electron chi connectivity index (χ4n) is 2.36. The Labute approximate surface area is 168 Å². The van der Waals surface area contributed by atoms with Crippen molar-refractivity contribution in [2.75, 3.05) is 20.2 Å². The molecule has 25 heavy (non-hydrogen) atoms. The molecule has 0 radical (unpaired) electrons. The van der Waals surface area contributed by atoms with Crippen LogP contribution in [-0.4, -0.2) is 26.2 Å². The lowest BCUT2D eigenvalue weighted by Gasteiger charge is -2.15. The molecule has 0 bridgehead atoms. The van der Waals surface area contributed by atoms with Crippen molar-refractivity contribution in [3.63, 3.8) is 0 Å². The topological polar surface area (TPSA) is 45.7 Å². The average molecular weight is 453 g/mol. The van der Waals surface area contributed by atoms with E-state index in [1.807, 2.05) is 36.4 Å². The smallest absolute Gasteiger partial charge is 0.191 e. The molecule has 0 saturated carbocycles. The van der Waals surface area contributed by atoms with E-state index in [0.29, 0.717) is 0 Å². The monoisotopic (exact) mass is 453 g/mol. The highest BCUT2D eigenvalue weighted by molar-refractivity contribution is 14.0. The minimum atomic E-state index is 0. The maximum Gasteiger partial charge on any atom is 0.191 e. The first-order valence-corrected chi connectivity index (χ1v) is 8.44. The molecular formula is C20H28IN3O. The molecular weight excluding hydrogens is 425 g/mol. The van der Waals surface area contributed by atoms with Crippen LogP contribution in [-0.2, 0) is 11.3 Å². The number of hydrogen-bond donors (Lipinski definition) is 2. The molecule has 2 aromatic carbocycles. The van der Waals surface area contributed by atoms with Crippen LogP contribution >= 0.6 is 24.0 Å². The number of rotatable bonds is 8. The van der Waals surface area contributed by atoms with Gasteiger partial charge >= 0.3 is 0 Å². The van der Waals surface area contributed by atoms with Crippen molar-refractivity contribution in [3.05, 3.63) is 71.8 Å². The molecule has 0 aliphatic carbocycles. The third-order valence-corrected chi connectivity index (χ3v) is 3.78. The zero-order valence-electron chi connectivity index (χ0n) is 14.9. The number of guanidine groups is 1. The van der Waals surface area contributed by atoms with E-state index >= 15 is 0 Å². The van der Waals surface area contributed by atoms with Gasteiger partial charge in [0.05, 0.1) is 6.10 Å². The van der Waals surface area contributed by atoms with Gasteiger partial charge in [0, 0.05) is 26.7 Å². The third-order valence-electron chi connectivity index (χ3n) is 3.78. The van der Waals surface area contributed by atoms with Gasteiger partial charge in [0.1, 0.15) is 0 Å². The molecule has 4 nitrogen and oxygen atoms in total. The highest BCUT2D eigenvalue weighted by Gasteiger charge is 2.04. The third kappa shape index (κ3) is 8.36. The Kier molecular flexibility index (Phi) is 10.9. The molecule has 0 aliphatic rings. The molecule has 0 aliphatic heterocycles. The van der Waals surface area contributed by atoms with Gasteiger partial charge < -0.3 is 15.4 Å². The van der Waals surface area contributed by atoms with Gasteiger partial charge in [-0.2, -0.15) is 0 Å². The van der Waals surface area contributed by atoms with Gasteiger partial charge in [-0.3, -0.25) is 4.99 Å². The van der Waals surface area contributed by atoms with Gasteiger partial charge in [-0.25, -0.2) is 0 Å². The summed E-state index contributed by atoms with van der Waals surface area (Å²) in [6, 6.07) is 20.6. The molecule has 2 rings (SSSR count). The summed E-state index contributed by atoms with van der Waals surface area (Å²) in [6.45, 7) is 4.40. The van der Waals surface area contributed by atoms with Crippen molar-refractivity contribution >= 4 is 29.9 Å². The number of aliphatic imine (C=N–C) groups is 1. The summed E-state index contributed by atoms with van der Waals surface area (Å²) in [7, 11) is 1.79. The van der Waals surface area contributed by atoms with Crippen molar-refractivity contribution in [2.24, 2.45) is 4.99 Å². The van der Waals surface area contributed by atoms with Crippen LogP contribution in [0.25, 0.3) is 0 Å². The van der Waals surface area contributed by atoms with Gasteiger partial charge in [-0.15, -0.1) is 24.0 Å². The van der Waals surface area contributed by atoms with Crippen molar-refractivity contribution in [1.29, 1.82) is 0 Å². The number of benzene rings is 2. The Hall–Kier alpha value is -1.60. The minimum absolute atomic E-state index is 0. The van der Waals surface area contributed by atoms with Gasteiger partial charge in [0.2, 0.25) is 0 Å². The van der Waals surface area contributed by atoms with E-state index in [-0.39, 0.29) is 30.1 Å². The maximum absolute atomic E-state index is 5.87. The summed E-state index contributed by atoms with van der Waals surface area (Å²) in [5.74, 6) is 0.815. The van der Waals surface area contributed by atoms with E-state index in [4.69, 9.17) is 4.74 Å². The van der Waals surface area contributed by atoms with E-state index in [9.17, 15) is 0 Å². The predicted molar refractivity (Wildman–Crippen MR) is 115 cm³/mol.